The lowest BCUT2D eigenvalue weighted by molar-refractivity contribution is -0.0356. The zero-order valence-corrected chi connectivity index (χ0v) is 21.8. The average Bonchev–Trinajstić information content (AvgIpc) is 3.68. The first-order chi connectivity index (χ1) is 16.9. The molecule has 1 saturated carbocycles. The van der Waals surface area contributed by atoms with Crippen molar-refractivity contribution in [3.8, 4) is 0 Å². The molecular formula is C26H36ClN3O4S. The van der Waals surface area contributed by atoms with Crippen LogP contribution in [0.1, 0.15) is 57.8 Å². The van der Waals surface area contributed by atoms with Crippen LogP contribution in [0.2, 0.25) is 5.02 Å². The van der Waals surface area contributed by atoms with Crippen molar-refractivity contribution in [2.24, 2.45) is 11.8 Å². The number of carbonyl (C=O) groups is 1. The molecule has 6 rings (SSSR count). The van der Waals surface area contributed by atoms with Crippen molar-refractivity contribution in [1.82, 2.24) is 14.1 Å². The van der Waals surface area contributed by atoms with Crippen LogP contribution in [0.5, 0.6) is 0 Å². The molecule has 7 nitrogen and oxygen atoms in total. The Bertz CT molecular complexity index is 1040. The summed E-state index contributed by atoms with van der Waals surface area (Å²) in [7, 11) is -3.69. The molecule has 0 aromatic heterocycles. The van der Waals surface area contributed by atoms with Crippen molar-refractivity contribution in [3.05, 3.63) is 29.3 Å². The van der Waals surface area contributed by atoms with Gasteiger partial charge in [-0.2, -0.15) is 4.31 Å². The molecule has 2 bridgehead atoms. The summed E-state index contributed by atoms with van der Waals surface area (Å²) in [4.78, 5) is 18.0. The largest absolute Gasteiger partial charge is 0.444 e. The fraction of sp³-hybridized carbons (Fsp3) is 0.731. The number of nitrogens with zero attached hydrogens (tertiary/aromatic N) is 3. The molecule has 1 amide bonds. The van der Waals surface area contributed by atoms with Gasteiger partial charge in [0.15, 0.2) is 0 Å². The maximum atomic E-state index is 13.7. The Balaban J connectivity index is 1.15. The van der Waals surface area contributed by atoms with Crippen molar-refractivity contribution in [3.63, 3.8) is 0 Å². The number of halogens is 1. The van der Waals surface area contributed by atoms with Gasteiger partial charge < -0.3 is 14.5 Å². The van der Waals surface area contributed by atoms with Crippen LogP contribution in [0.25, 0.3) is 0 Å². The first-order valence-corrected chi connectivity index (χ1v) is 15.2. The Kier molecular flexibility index (Phi) is 6.52. The molecule has 4 heterocycles. The summed E-state index contributed by atoms with van der Waals surface area (Å²) in [5, 5.41) is 0.515. The Hall–Kier alpha value is -1.35. The van der Waals surface area contributed by atoms with Gasteiger partial charge >= 0.3 is 6.09 Å². The van der Waals surface area contributed by atoms with Gasteiger partial charge in [0.2, 0.25) is 10.0 Å². The smallest absolute Gasteiger partial charge is 0.410 e. The highest BCUT2D eigenvalue weighted by Crippen LogP contribution is 2.57. The van der Waals surface area contributed by atoms with Gasteiger partial charge in [0.1, 0.15) is 6.10 Å². The molecule has 35 heavy (non-hydrogen) atoms. The van der Waals surface area contributed by atoms with Gasteiger partial charge in [0.25, 0.3) is 0 Å². The second kappa shape index (κ2) is 9.51. The molecule has 4 saturated heterocycles. The molecule has 5 fully saturated rings. The molecule has 9 heteroatoms. The van der Waals surface area contributed by atoms with Gasteiger partial charge in [-0.1, -0.05) is 24.4 Å². The molecule has 1 aliphatic carbocycles. The molecule has 4 aliphatic heterocycles. The Morgan fingerprint density at radius 2 is 1.54 bits per heavy atom. The number of hydrogen-bond acceptors (Lipinski definition) is 5. The van der Waals surface area contributed by atoms with Crippen molar-refractivity contribution in [2.75, 3.05) is 26.2 Å². The summed E-state index contributed by atoms with van der Waals surface area (Å²) in [6, 6.07) is 6.71. The molecule has 0 radical (unpaired) electrons. The molecule has 5 aliphatic rings. The molecule has 0 spiro atoms. The van der Waals surface area contributed by atoms with Crippen LogP contribution >= 0.6 is 11.6 Å². The quantitative estimate of drug-likeness (QED) is 0.589. The Labute approximate surface area is 213 Å². The third-order valence-corrected chi connectivity index (χ3v) is 11.3. The van der Waals surface area contributed by atoms with Crippen molar-refractivity contribution < 1.29 is 17.9 Å². The first-order valence-electron chi connectivity index (χ1n) is 13.4. The van der Waals surface area contributed by atoms with E-state index in [4.69, 9.17) is 16.3 Å². The van der Waals surface area contributed by atoms with E-state index in [9.17, 15) is 13.2 Å². The summed E-state index contributed by atoms with van der Waals surface area (Å²) in [6.07, 6.45) is 8.81. The zero-order chi connectivity index (χ0) is 24.2. The van der Waals surface area contributed by atoms with Crippen LogP contribution in [0.3, 0.4) is 0 Å². The van der Waals surface area contributed by atoms with E-state index >= 15 is 0 Å². The minimum absolute atomic E-state index is 0.00895. The predicted octanol–water partition coefficient (Wildman–Crippen LogP) is 4.36. The summed E-state index contributed by atoms with van der Waals surface area (Å²) in [6.45, 7) is 3.81. The van der Waals surface area contributed by atoms with E-state index in [-0.39, 0.29) is 41.0 Å². The summed E-state index contributed by atoms with van der Waals surface area (Å²) < 4.78 is 35.3. The van der Waals surface area contributed by atoms with E-state index in [2.05, 4.69) is 4.90 Å². The molecular weight excluding hydrogens is 486 g/mol. The predicted molar refractivity (Wildman–Crippen MR) is 134 cm³/mol. The maximum Gasteiger partial charge on any atom is 0.410 e. The van der Waals surface area contributed by atoms with Gasteiger partial charge in [-0.15, -0.1) is 0 Å². The lowest BCUT2D eigenvalue weighted by atomic mass is 9.85. The highest BCUT2D eigenvalue weighted by molar-refractivity contribution is 7.89. The summed E-state index contributed by atoms with van der Waals surface area (Å²) >= 11 is 6.01. The molecule has 192 valence electrons. The lowest BCUT2D eigenvalue weighted by Crippen LogP contribution is -2.60. The van der Waals surface area contributed by atoms with E-state index in [0.717, 1.165) is 51.6 Å². The van der Waals surface area contributed by atoms with Crippen LogP contribution in [0.4, 0.5) is 4.79 Å². The van der Waals surface area contributed by atoms with E-state index in [1.54, 1.807) is 28.6 Å². The van der Waals surface area contributed by atoms with Gasteiger partial charge in [-0.25, -0.2) is 13.2 Å². The number of likely N-dealkylation sites (tertiary alicyclic amines) is 2. The number of fused-ring (bicyclic) bond motifs is 4. The van der Waals surface area contributed by atoms with Crippen LogP contribution in [-0.4, -0.2) is 79.0 Å². The number of ether oxygens (including phenoxy) is 1. The SMILES string of the molecule is O=C(O[C@@H]1C2CCCC([C@@H]3C[C@H]13)N2S(=O)(=O)c1ccc(Cl)cc1)N1CCC(N2CCCCC2)CC1. The minimum Gasteiger partial charge on any atom is -0.444 e. The fourth-order valence-electron chi connectivity index (χ4n) is 7.23. The maximum absolute atomic E-state index is 13.7. The molecule has 5 atom stereocenters. The number of amides is 1. The van der Waals surface area contributed by atoms with E-state index in [1.807, 2.05) is 4.90 Å². The molecule has 1 aromatic rings. The Morgan fingerprint density at radius 1 is 0.857 bits per heavy atom. The zero-order valence-electron chi connectivity index (χ0n) is 20.2. The van der Waals surface area contributed by atoms with E-state index in [1.165, 1.54) is 32.4 Å². The summed E-state index contributed by atoms with van der Waals surface area (Å²) in [5.41, 5.74) is 0. The average molecular weight is 522 g/mol. The van der Waals surface area contributed by atoms with Gasteiger partial charge in [0, 0.05) is 36.1 Å². The first kappa shape index (κ1) is 24.0. The second-order valence-corrected chi connectivity index (χ2v) is 13.4. The van der Waals surface area contributed by atoms with Crippen LogP contribution in [0, 0.1) is 11.8 Å². The topological polar surface area (TPSA) is 70.2 Å². The number of sulfonamides is 1. The summed E-state index contributed by atoms with van der Waals surface area (Å²) in [5.74, 6) is 0.577. The number of benzene rings is 1. The molecule has 2 unspecified atom stereocenters. The van der Waals surface area contributed by atoms with Crippen LogP contribution in [0.15, 0.2) is 29.2 Å². The van der Waals surface area contributed by atoms with E-state index < -0.39 is 10.0 Å². The molecule has 0 N–H and O–H groups in total. The van der Waals surface area contributed by atoms with Crippen LogP contribution in [-0.2, 0) is 14.8 Å². The second-order valence-electron chi connectivity index (χ2n) is 11.1. The van der Waals surface area contributed by atoms with E-state index in [0.29, 0.717) is 11.1 Å². The third-order valence-electron chi connectivity index (χ3n) is 9.10. The van der Waals surface area contributed by atoms with Crippen LogP contribution < -0.4 is 0 Å². The normalized spacial score (nSPS) is 34.3. The number of hydrogen-bond donors (Lipinski definition) is 0. The number of rotatable bonds is 4. The third kappa shape index (κ3) is 4.49. The van der Waals surface area contributed by atoms with Gasteiger partial charge in [-0.3, -0.25) is 0 Å². The fourth-order valence-corrected chi connectivity index (χ4v) is 9.28. The number of carbonyl (C=O) groups excluding carboxylic acids is 1. The minimum atomic E-state index is -3.69. The molecule has 1 aromatic carbocycles. The Morgan fingerprint density at radius 3 is 2.26 bits per heavy atom. The van der Waals surface area contributed by atoms with Crippen molar-refractivity contribution in [2.45, 2.75) is 86.9 Å². The van der Waals surface area contributed by atoms with Gasteiger partial charge in [-0.05, 0) is 88.2 Å². The van der Waals surface area contributed by atoms with Crippen molar-refractivity contribution >= 4 is 27.7 Å². The highest BCUT2D eigenvalue weighted by Gasteiger charge is 2.63. The van der Waals surface area contributed by atoms with Gasteiger partial charge in [0.05, 0.1) is 10.9 Å². The highest BCUT2D eigenvalue weighted by atomic mass is 35.5. The monoisotopic (exact) mass is 521 g/mol. The standard InChI is InChI=1S/C26H36ClN3O4S/c27-18-7-9-20(10-8-18)35(32,33)30-23-5-4-6-24(30)25(22-17-21(22)23)34-26(31)29-15-11-19(12-16-29)28-13-2-1-3-14-28/h7-10,19,21-25H,1-6,11-17H2/t21-,22+,23?,24?,25+/m1/s1. The van der Waals surface area contributed by atoms with Crippen molar-refractivity contribution in [1.29, 1.82) is 0 Å². The lowest BCUT2D eigenvalue weighted by Gasteiger charge is -2.48. The number of piperidine rings is 4.